The van der Waals surface area contributed by atoms with E-state index in [0.717, 1.165) is 55.5 Å². The Morgan fingerprint density at radius 1 is 1.40 bits per heavy atom. The van der Waals surface area contributed by atoms with Crippen LogP contribution in [0.25, 0.3) is 5.69 Å². The van der Waals surface area contributed by atoms with E-state index < -0.39 is 0 Å². The number of hydrogen-bond acceptors (Lipinski definition) is 4. The Labute approximate surface area is 154 Å². The minimum atomic E-state index is 0.690. The zero-order chi connectivity index (χ0) is 17.6. The summed E-state index contributed by atoms with van der Waals surface area (Å²) < 4.78 is 7.13. The van der Waals surface area contributed by atoms with Gasteiger partial charge in [-0.15, -0.1) is 6.58 Å². The Morgan fingerprint density at radius 3 is 3.00 bits per heavy atom. The van der Waals surface area contributed by atoms with Crippen molar-refractivity contribution >= 4 is 11.6 Å². The first kappa shape index (κ1) is 18.1. The maximum Gasteiger partial charge on any atom is 0.0835 e. The number of methoxy groups -OCH3 is 1. The van der Waals surface area contributed by atoms with Crippen LogP contribution in [0.4, 0.5) is 0 Å². The van der Waals surface area contributed by atoms with Crippen LogP contribution in [0.2, 0.25) is 5.02 Å². The van der Waals surface area contributed by atoms with E-state index in [4.69, 9.17) is 21.4 Å². The summed E-state index contributed by atoms with van der Waals surface area (Å²) in [5, 5.41) is 9.02. The van der Waals surface area contributed by atoms with Crippen molar-refractivity contribution in [1.29, 1.82) is 0 Å². The lowest BCUT2D eigenvalue weighted by molar-refractivity contribution is 0.199. The van der Waals surface area contributed by atoms with Crippen LogP contribution in [0.1, 0.15) is 17.0 Å². The molecule has 0 spiro atoms. The molecule has 0 atom stereocenters. The molecule has 0 aliphatic carbocycles. The maximum absolute atomic E-state index is 6.42. The highest BCUT2D eigenvalue weighted by Gasteiger charge is 2.25. The van der Waals surface area contributed by atoms with Gasteiger partial charge in [-0.25, -0.2) is 4.68 Å². The van der Waals surface area contributed by atoms with Crippen molar-refractivity contribution in [3.8, 4) is 5.69 Å². The zero-order valence-corrected chi connectivity index (χ0v) is 15.4. The number of aromatic nitrogens is 2. The molecule has 5 nitrogen and oxygen atoms in total. The monoisotopic (exact) mass is 360 g/mol. The number of benzene rings is 1. The number of nitrogens with zero attached hydrogens (tertiary/aromatic N) is 3. The largest absolute Gasteiger partial charge is 0.383 e. The average molecular weight is 361 g/mol. The van der Waals surface area contributed by atoms with Crippen LogP contribution in [0.3, 0.4) is 0 Å². The highest BCUT2D eigenvalue weighted by atomic mass is 35.5. The molecule has 1 aromatic heterocycles. The normalized spacial score (nSPS) is 14.5. The molecule has 0 saturated carbocycles. The number of rotatable bonds is 8. The molecule has 1 aromatic carbocycles. The van der Waals surface area contributed by atoms with Crippen LogP contribution in [-0.2, 0) is 24.2 Å². The second-order valence-corrected chi connectivity index (χ2v) is 6.59. The first-order chi connectivity index (χ1) is 12.2. The van der Waals surface area contributed by atoms with Crippen molar-refractivity contribution in [3.05, 3.63) is 58.9 Å². The summed E-state index contributed by atoms with van der Waals surface area (Å²) in [5.74, 6) is 0. The van der Waals surface area contributed by atoms with Gasteiger partial charge in [0.15, 0.2) is 0 Å². The minimum absolute atomic E-state index is 0.690. The van der Waals surface area contributed by atoms with Crippen LogP contribution in [-0.4, -0.2) is 48.0 Å². The van der Waals surface area contributed by atoms with E-state index >= 15 is 0 Å². The molecule has 2 heterocycles. The third-order valence-electron chi connectivity index (χ3n) is 4.46. The summed E-state index contributed by atoms with van der Waals surface area (Å²) in [6.45, 7) is 8.88. The molecule has 1 aliphatic heterocycles. The van der Waals surface area contributed by atoms with E-state index in [9.17, 15) is 0 Å². The summed E-state index contributed by atoms with van der Waals surface area (Å²) in [6.07, 6.45) is 2.92. The van der Waals surface area contributed by atoms with Gasteiger partial charge in [0.05, 0.1) is 28.7 Å². The van der Waals surface area contributed by atoms with E-state index in [1.165, 1.54) is 11.3 Å². The summed E-state index contributed by atoms with van der Waals surface area (Å²) in [6, 6.07) is 7.88. The van der Waals surface area contributed by atoms with E-state index in [1.54, 1.807) is 7.11 Å². The van der Waals surface area contributed by atoms with Gasteiger partial charge in [-0.3, -0.25) is 4.90 Å². The van der Waals surface area contributed by atoms with Gasteiger partial charge in [-0.05, 0) is 12.1 Å². The number of fused-ring (bicyclic) bond motifs is 1. The predicted molar refractivity (Wildman–Crippen MR) is 101 cm³/mol. The van der Waals surface area contributed by atoms with E-state index in [0.29, 0.717) is 6.61 Å². The van der Waals surface area contributed by atoms with Crippen LogP contribution in [0, 0.1) is 0 Å². The predicted octanol–water partition coefficient (Wildman–Crippen LogP) is 2.81. The molecule has 1 aliphatic rings. The molecule has 3 rings (SSSR count). The van der Waals surface area contributed by atoms with Gasteiger partial charge < -0.3 is 10.1 Å². The Balaban J connectivity index is 1.92. The lowest BCUT2D eigenvalue weighted by Gasteiger charge is -2.26. The molecule has 0 unspecified atom stereocenters. The SMILES string of the molecule is C=CCN1CCc2c(c(CNCCOC)nn2-c2ccccc2Cl)C1. The van der Waals surface area contributed by atoms with Crippen LogP contribution in [0.5, 0.6) is 0 Å². The second-order valence-electron chi connectivity index (χ2n) is 6.18. The van der Waals surface area contributed by atoms with E-state index in [1.807, 2.05) is 35.0 Å². The molecule has 134 valence electrons. The van der Waals surface area contributed by atoms with Crippen molar-refractivity contribution in [2.24, 2.45) is 0 Å². The lowest BCUT2D eigenvalue weighted by Crippen LogP contribution is -2.31. The molecule has 0 bridgehead atoms. The third-order valence-corrected chi connectivity index (χ3v) is 4.78. The van der Waals surface area contributed by atoms with Crippen molar-refractivity contribution in [1.82, 2.24) is 20.0 Å². The Bertz CT molecular complexity index is 728. The van der Waals surface area contributed by atoms with Crippen LogP contribution >= 0.6 is 11.6 Å². The average Bonchev–Trinajstić information content (AvgIpc) is 2.97. The first-order valence-corrected chi connectivity index (χ1v) is 8.99. The minimum Gasteiger partial charge on any atom is -0.383 e. The van der Waals surface area contributed by atoms with E-state index in [-0.39, 0.29) is 0 Å². The Hall–Kier alpha value is -1.66. The fraction of sp³-hybridized carbons (Fsp3) is 0.421. The summed E-state index contributed by atoms with van der Waals surface area (Å²) in [4.78, 5) is 2.40. The molecule has 0 radical (unpaired) electrons. The second kappa shape index (κ2) is 8.63. The molecular weight excluding hydrogens is 336 g/mol. The molecule has 6 heteroatoms. The molecular formula is C19H25ClN4O. The van der Waals surface area contributed by atoms with Gasteiger partial charge in [0, 0.05) is 51.8 Å². The van der Waals surface area contributed by atoms with Gasteiger partial charge >= 0.3 is 0 Å². The Kier molecular flexibility index (Phi) is 6.26. The topological polar surface area (TPSA) is 42.3 Å². The van der Waals surface area contributed by atoms with Crippen LogP contribution in [0.15, 0.2) is 36.9 Å². The summed E-state index contributed by atoms with van der Waals surface area (Å²) in [5.41, 5.74) is 4.59. The standard InChI is InChI=1S/C19H25ClN4O/c1-3-10-23-11-8-18-15(14-23)17(13-21-9-12-25-2)22-24(18)19-7-5-4-6-16(19)20/h3-7,21H,1,8-14H2,2H3. The lowest BCUT2D eigenvalue weighted by atomic mass is 10.0. The van der Waals surface area contributed by atoms with Crippen molar-refractivity contribution in [3.63, 3.8) is 0 Å². The van der Waals surface area contributed by atoms with Gasteiger partial charge in [-0.1, -0.05) is 29.8 Å². The first-order valence-electron chi connectivity index (χ1n) is 8.62. The molecule has 25 heavy (non-hydrogen) atoms. The zero-order valence-electron chi connectivity index (χ0n) is 14.7. The Morgan fingerprint density at radius 2 is 2.24 bits per heavy atom. The van der Waals surface area contributed by atoms with Gasteiger partial charge in [0.1, 0.15) is 0 Å². The molecule has 0 fully saturated rings. The quantitative estimate of drug-likeness (QED) is 0.580. The van der Waals surface area contributed by atoms with Gasteiger partial charge in [0.25, 0.3) is 0 Å². The van der Waals surface area contributed by atoms with Gasteiger partial charge in [-0.2, -0.15) is 5.10 Å². The number of nitrogens with one attached hydrogen (secondary N) is 1. The van der Waals surface area contributed by atoms with Crippen molar-refractivity contribution < 1.29 is 4.74 Å². The number of halogens is 1. The van der Waals surface area contributed by atoms with Gasteiger partial charge in [0.2, 0.25) is 0 Å². The number of ether oxygens (including phenoxy) is 1. The summed E-state index contributed by atoms with van der Waals surface area (Å²) >= 11 is 6.42. The fourth-order valence-electron chi connectivity index (χ4n) is 3.23. The highest BCUT2D eigenvalue weighted by molar-refractivity contribution is 6.32. The van der Waals surface area contributed by atoms with Crippen LogP contribution < -0.4 is 5.32 Å². The van der Waals surface area contributed by atoms with Crippen molar-refractivity contribution in [2.45, 2.75) is 19.5 Å². The highest BCUT2D eigenvalue weighted by Crippen LogP contribution is 2.28. The van der Waals surface area contributed by atoms with Crippen molar-refractivity contribution in [2.75, 3.05) is 33.4 Å². The number of hydrogen-bond donors (Lipinski definition) is 1. The fourth-order valence-corrected chi connectivity index (χ4v) is 3.44. The third kappa shape index (κ3) is 4.12. The molecule has 2 aromatic rings. The number of para-hydroxylation sites is 1. The molecule has 1 N–H and O–H groups in total. The molecule has 0 amide bonds. The molecule has 0 saturated heterocycles. The smallest absolute Gasteiger partial charge is 0.0835 e. The van der Waals surface area contributed by atoms with E-state index in [2.05, 4.69) is 16.8 Å². The maximum atomic E-state index is 6.42. The summed E-state index contributed by atoms with van der Waals surface area (Å²) in [7, 11) is 1.71.